The van der Waals surface area contributed by atoms with Gasteiger partial charge < -0.3 is 9.47 Å². The third-order valence-corrected chi connectivity index (χ3v) is 5.92. The predicted molar refractivity (Wildman–Crippen MR) is 138 cm³/mol. The average molecular weight is 563 g/mol. The minimum absolute atomic E-state index is 0.118. The van der Waals surface area contributed by atoms with Crippen molar-refractivity contribution in [2.24, 2.45) is 0 Å². The zero-order valence-corrected chi connectivity index (χ0v) is 21.2. The molecule has 0 amide bonds. The third kappa shape index (κ3) is 7.73. The van der Waals surface area contributed by atoms with Crippen molar-refractivity contribution < 1.29 is 31.8 Å². The van der Waals surface area contributed by atoms with E-state index in [1.165, 1.54) is 97.1 Å². The molecule has 3 nitrogen and oxygen atoms in total. The van der Waals surface area contributed by atoms with Crippen LogP contribution in [0.15, 0.2) is 97.1 Å². The summed E-state index contributed by atoms with van der Waals surface area (Å²) < 4.78 is 66.9. The van der Waals surface area contributed by atoms with Crippen LogP contribution in [0.25, 0.3) is 0 Å². The maximum absolute atomic E-state index is 14.3. The Balaban J connectivity index is 1.36. The van der Waals surface area contributed by atoms with Gasteiger partial charge in [0.15, 0.2) is 5.78 Å². The molecule has 0 heterocycles. The lowest BCUT2D eigenvalue weighted by molar-refractivity contribution is -0.175. The molecule has 9 heteroatoms. The highest BCUT2D eigenvalue weighted by atomic mass is 35.5. The van der Waals surface area contributed by atoms with Crippen molar-refractivity contribution in [2.45, 2.75) is 25.1 Å². The Morgan fingerprint density at radius 2 is 0.868 bits per heavy atom. The van der Waals surface area contributed by atoms with Crippen LogP contribution >= 0.6 is 23.2 Å². The lowest BCUT2D eigenvalue weighted by atomic mass is 10.0. The summed E-state index contributed by atoms with van der Waals surface area (Å²) in [5.74, 6) is -0.664. The van der Waals surface area contributed by atoms with Crippen LogP contribution in [0.1, 0.15) is 27.0 Å². The van der Waals surface area contributed by atoms with Crippen LogP contribution in [0, 0.1) is 0 Å². The van der Waals surface area contributed by atoms with E-state index >= 15 is 0 Å². The molecule has 0 aliphatic carbocycles. The minimum Gasteiger partial charge on any atom is -0.432 e. The largest absolute Gasteiger partial charge is 0.432 e. The summed E-state index contributed by atoms with van der Waals surface area (Å²) in [5.41, 5.74) is 1.11. The number of benzene rings is 4. The van der Waals surface area contributed by atoms with Gasteiger partial charge in [0.1, 0.15) is 11.5 Å². The summed E-state index contributed by atoms with van der Waals surface area (Å²) in [6.45, 7) is 0. The van der Waals surface area contributed by atoms with Crippen molar-refractivity contribution in [2.75, 3.05) is 0 Å². The van der Waals surface area contributed by atoms with Gasteiger partial charge in [-0.2, -0.15) is 17.6 Å². The number of ether oxygens (including phenoxy) is 2. The molecule has 0 bridgehead atoms. The highest BCUT2D eigenvalue weighted by Crippen LogP contribution is 2.28. The zero-order valence-electron chi connectivity index (χ0n) is 19.6. The molecule has 38 heavy (non-hydrogen) atoms. The summed E-state index contributed by atoms with van der Waals surface area (Å²) in [6, 6.07) is 22.4. The van der Waals surface area contributed by atoms with Crippen LogP contribution in [0.5, 0.6) is 11.5 Å². The van der Waals surface area contributed by atoms with Crippen LogP contribution < -0.4 is 9.47 Å². The van der Waals surface area contributed by atoms with E-state index in [1.807, 2.05) is 0 Å². The quantitative estimate of drug-likeness (QED) is 0.143. The molecule has 4 aromatic carbocycles. The average Bonchev–Trinajstić information content (AvgIpc) is 2.86. The van der Waals surface area contributed by atoms with Gasteiger partial charge in [-0.1, -0.05) is 47.5 Å². The number of carbonyl (C=O) groups excluding carboxylic acids is 1. The molecule has 0 radical (unpaired) electrons. The first-order chi connectivity index (χ1) is 18.0. The van der Waals surface area contributed by atoms with E-state index in [9.17, 15) is 22.4 Å². The van der Waals surface area contributed by atoms with Gasteiger partial charge in [-0.3, -0.25) is 4.79 Å². The van der Waals surface area contributed by atoms with E-state index < -0.39 is 30.8 Å². The number of halogens is 6. The summed E-state index contributed by atoms with van der Waals surface area (Å²) in [5, 5.41) is 0.875. The number of hydrogen-bond acceptors (Lipinski definition) is 3. The molecule has 0 spiro atoms. The molecular weight excluding hydrogens is 543 g/mol. The number of rotatable bonds is 10. The van der Waals surface area contributed by atoms with E-state index in [2.05, 4.69) is 0 Å². The summed E-state index contributed by atoms with van der Waals surface area (Å²) in [7, 11) is 0. The Kier molecular flexibility index (Phi) is 8.29. The first kappa shape index (κ1) is 27.5. The van der Waals surface area contributed by atoms with E-state index in [4.69, 9.17) is 32.7 Å². The lowest BCUT2D eigenvalue weighted by Crippen LogP contribution is -2.27. The fraction of sp³-hybridized carbons (Fsp3) is 0.138. The number of alkyl halides is 4. The van der Waals surface area contributed by atoms with Gasteiger partial charge in [0, 0.05) is 21.2 Å². The van der Waals surface area contributed by atoms with Crippen molar-refractivity contribution >= 4 is 29.0 Å². The molecule has 0 fully saturated rings. The SMILES string of the molecule is O=C(c1ccc(OC(F)(F)Cc2ccc(Cl)cc2)cc1)c1ccc(OC(F)(F)Cc2ccc(Cl)cc2)cc1. The summed E-state index contributed by atoms with van der Waals surface area (Å²) >= 11 is 11.6. The Morgan fingerprint density at radius 3 is 1.18 bits per heavy atom. The van der Waals surface area contributed by atoms with Crippen LogP contribution in [0.3, 0.4) is 0 Å². The normalized spacial score (nSPS) is 11.7. The maximum Gasteiger partial charge on any atom is 0.401 e. The van der Waals surface area contributed by atoms with E-state index in [-0.39, 0.29) is 22.6 Å². The molecule has 0 atom stereocenters. The zero-order chi connectivity index (χ0) is 27.3. The molecule has 0 aliphatic heterocycles. The van der Waals surface area contributed by atoms with Crippen LogP contribution in [0.2, 0.25) is 10.0 Å². The predicted octanol–water partition coefficient (Wildman–Crippen LogP) is 8.65. The number of ketones is 1. The van der Waals surface area contributed by atoms with E-state index in [0.29, 0.717) is 21.2 Å². The smallest absolute Gasteiger partial charge is 0.401 e. The van der Waals surface area contributed by atoms with Gasteiger partial charge in [-0.15, -0.1) is 0 Å². The van der Waals surface area contributed by atoms with Crippen molar-refractivity contribution in [3.63, 3.8) is 0 Å². The first-order valence-corrected chi connectivity index (χ1v) is 12.1. The number of hydrogen-bond donors (Lipinski definition) is 0. The molecule has 0 saturated carbocycles. The van der Waals surface area contributed by atoms with Crippen LogP contribution in [-0.2, 0) is 12.8 Å². The first-order valence-electron chi connectivity index (χ1n) is 11.4. The molecule has 4 rings (SSSR count). The van der Waals surface area contributed by atoms with Gasteiger partial charge in [-0.05, 0) is 83.9 Å². The lowest BCUT2D eigenvalue weighted by Gasteiger charge is -2.18. The van der Waals surface area contributed by atoms with Crippen molar-refractivity contribution in [1.82, 2.24) is 0 Å². The maximum atomic E-state index is 14.3. The van der Waals surface area contributed by atoms with Crippen molar-refractivity contribution in [1.29, 1.82) is 0 Å². The van der Waals surface area contributed by atoms with E-state index in [0.717, 1.165) is 0 Å². The van der Waals surface area contributed by atoms with Gasteiger partial charge in [0.2, 0.25) is 0 Å². The van der Waals surface area contributed by atoms with E-state index in [1.54, 1.807) is 0 Å². The van der Waals surface area contributed by atoms with Crippen molar-refractivity contribution in [3.05, 3.63) is 129 Å². The molecular formula is C29H20Cl2F4O3. The van der Waals surface area contributed by atoms with Gasteiger partial charge in [-0.25, -0.2) is 0 Å². The Labute approximate surface area is 226 Å². The molecule has 4 aromatic rings. The Bertz CT molecular complexity index is 1270. The fourth-order valence-electron chi connectivity index (χ4n) is 3.61. The van der Waals surface area contributed by atoms with Crippen LogP contribution in [-0.4, -0.2) is 18.0 Å². The van der Waals surface area contributed by atoms with Gasteiger partial charge in [0.05, 0.1) is 12.8 Å². The molecule has 0 saturated heterocycles. The van der Waals surface area contributed by atoms with Gasteiger partial charge in [0.25, 0.3) is 0 Å². The fourth-order valence-corrected chi connectivity index (χ4v) is 3.86. The molecule has 0 N–H and O–H groups in total. The monoisotopic (exact) mass is 562 g/mol. The molecule has 0 aliphatic rings. The van der Waals surface area contributed by atoms with Gasteiger partial charge >= 0.3 is 12.2 Å². The molecule has 0 unspecified atom stereocenters. The molecule has 196 valence electrons. The Hall–Kier alpha value is -3.55. The topological polar surface area (TPSA) is 35.5 Å². The summed E-state index contributed by atoms with van der Waals surface area (Å²) in [6.07, 6.45) is -8.27. The second-order valence-corrected chi connectivity index (χ2v) is 9.34. The second kappa shape index (κ2) is 11.5. The minimum atomic E-state index is -3.48. The highest BCUT2D eigenvalue weighted by molar-refractivity contribution is 6.30. The number of carbonyl (C=O) groups is 1. The Morgan fingerprint density at radius 1 is 0.553 bits per heavy atom. The standard InChI is InChI=1S/C29H20Cl2F4O3/c30-23-9-1-19(2-10-23)17-28(32,33)37-25-13-5-21(6-14-25)27(36)22-7-15-26(16-8-22)38-29(34,35)18-20-3-11-24(31)12-4-20/h1-16H,17-18H2. The van der Waals surface area contributed by atoms with Crippen molar-refractivity contribution in [3.8, 4) is 11.5 Å². The third-order valence-electron chi connectivity index (χ3n) is 5.41. The second-order valence-electron chi connectivity index (χ2n) is 8.46. The highest BCUT2D eigenvalue weighted by Gasteiger charge is 2.33. The molecule has 0 aromatic heterocycles. The van der Waals surface area contributed by atoms with Crippen LogP contribution in [0.4, 0.5) is 17.6 Å². The summed E-state index contributed by atoms with van der Waals surface area (Å²) in [4.78, 5) is 12.8.